The molecule has 2 fully saturated rings. The maximum atomic E-state index is 14.5. The number of carbonyl (C=O) groups is 2. The highest BCUT2D eigenvalue weighted by Crippen LogP contribution is 2.29. The highest BCUT2D eigenvalue weighted by molar-refractivity contribution is 6.21. The molecule has 5 rings (SSSR count). The van der Waals surface area contributed by atoms with Crippen molar-refractivity contribution in [3.05, 3.63) is 65.4 Å². The molecule has 11 heteroatoms. The summed E-state index contributed by atoms with van der Waals surface area (Å²) >= 11 is 0. The van der Waals surface area contributed by atoms with Gasteiger partial charge in [0.25, 0.3) is 5.91 Å². The predicted octanol–water partition coefficient (Wildman–Crippen LogP) is 3.77. The molecular formula is C30H38FN7O3. The molecule has 0 aliphatic carbocycles. The zero-order valence-corrected chi connectivity index (χ0v) is 24.0. The number of nitrogens with one attached hydrogen (secondary N) is 2. The third kappa shape index (κ3) is 8.51. The van der Waals surface area contributed by atoms with E-state index in [1.165, 1.54) is 30.0 Å². The minimum Gasteiger partial charge on any atom is -0.381 e. The number of ether oxygens (including phenoxy) is 1. The molecule has 0 radical (unpaired) electrons. The van der Waals surface area contributed by atoms with Crippen molar-refractivity contribution < 1.29 is 18.7 Å². The summed E-state index contributed by atoms with van der Waals surface area (Å²) in [5.41, 5.74) is 2.50. The molecule has 3 aliphatic rings. The molecule has 2 aromatic rings. The van der Waals surface area contributed by atoms with Crippen molar-refractivity contribution in [2.75, 3.05) is 43.5 Å². The lowest BCUT2D eigenvalue weighted by molar-refractivity contribution is -0.117. The van der Waals surface area contributed by atoms with Crippen molar-refractivity contribution in [3.8, 4) is 0 Å². The minimum absolute atomic E-state index is 0.0219. The summed E-state index contributed by atoms with van der Waals surface area (Å²) in [5, 5.41) is 9.34. The van der Waals surface area contributed by atoms with Crippen LogP contribution in [0.3, 0.4) is 0 Å². The number of nitrogens with zero attached hydrogens (tertiary/aromatic N) is 5. The molecule has 41 heavy (non-hydrogen) atoms. The Morgan fingerprint density at radius 3 is 2.51 bits per heavy atom. The van der Waals surface area contributed by atoms with Crippen LogP contribution in [0.5, 0.6) is 0 Å². The Kier molecular flexibility index (Phi) is 10.3. The predicted molar refractivity (Wildman–Crippen MR) is 159 cm³/mol. The molecule has 3 aliphatic heterocycles. The summed E-state index contributed by atoms with van der Waals surface area (Å²) in [7, 11) is 1.91. The molecule has 2 N–H and O–H groups in total. The van der Waals surface area contributed by atoms with Crippen molar-refractivity contribution in [2.24, 2.45) is 28.9 Å². The van der Waals surface area contributed by atoms with Gasteiger partial charge >= 0.3 is 0 Å². The van der Waals surface area contributed by atoms with E-state index in [1.54, 1.807) is 24.0 Å². The molecule has 3 unspecified atom stereocenters. The second-order valence-corrected chi connectivity index (χ2v) is 10.6. The first kappa shape index (κ1) is 30.0. The lowest BCUT2D eigenvalue weighted by Gasteiger charge is -2.17. The zero-order chi connectivity index (χ0) is 29.4. The van der Waals surface area contributed by atoms with Crippen molar-refractivity contribution in [2.45, 2.75) is 33.2 Å². The van der Waals surface area contributed by atoms with Gasteiger partial charge in [-0.05, 0) is 55.7 Å². The second-order valence-electron chi connectivity index (χ2n) is 10.6. The number of benzene rings is 1. The minimum atomic E-state index is -0.598. The maximum absolute atomic E-state index is 14.5. The van der Waals surface area contributed by atoms with Crippen molar-refractivity contribution in [3.63, 3.8) is 0 Å². The molecule has 4 heterocycles. The van der Waals surface area contributed by atoms with E-state index in [4.69, 9.17) is 4.74 Å². The smallest absolute Gasteiger partial charge is 0.257 e. The summed E-state index contributed by atoms with van der Waals surface area (Å²) in [6.45, 7) is 9.22. The van der Waals surface area contributed by atoms with Gasteiger partial charge in [0.15, 0.2) is 0 Å². The maximum Gasteiger partial charge on any atom is 0.257 e. The van der Waals surface area contributed by atoms with E-state index in [0.29, 0.717) is 28.7 Å². The topological polar surface area (TPSA) is 113 Å². The van der Waals surface area contributed by atoms with Crippen LogP contribution in [-0.4, -0.2) is 77.8 Å². The molecule has 218 valence electrons. The number of aryl methyl sites for hydroxylation is 2. The fraction of sp³-hybridized carbons (Fsp3) is 0.433. The first-order chi connectivity index (χ1) is 19.7. The third-order valence-electron chi connectivity index (χ3n) is 7.16. The largest absolute Gasteiger partial charge is 0.381 e. The van der Waals surface area contributed by atoms with E-state index < -0.39 is 11.7 Å². The van der Waals surface area contributed by atoms with Crippen LogP contribution >= 0.6 is 0 Å². The van der Waals surface area contributed by atoms with E-state index in [9.17, 15) is 14.0 Å². The van der Waals surface area contributed by atoms with Crippen molar-refractivity contribution in [1.29, 1.82) is 0 Å². The zero-order valence-electron chi connectivity index (χ0n) is 24.0. The van der Waals surface area contributed by atoms with Gasteiger partial charge in [-0.2, -0.15) is 5.10 Å². The summed E-state index contributed by atoms with van der Waals surface area (Å²) in [6, 6.07) is 4.03. The van der Waals surface area contributed by atoms with E-state index in [1.807, 2.05) is 39.4 Å². The number of aliphatic imine (C=N–C) groups is 2. The SMILES string of the molecule is CCC1\C=C/N=C\C(C)=C(/C(=O)Nc2cc(NC(=O)CN3CC4COCC4C3)ccc2F)C=N1.Cc1cnn(C)c1. The summed E-state index contributed by atoms with van der Waals surface area (Å²) < 4.78 is 21.7. The second kappa shape index (κ2) is 14.1. The molecule has 2 amide bonds. The van der Waals surface area contributed by atoms with Crippen LogP contribution in [-0.2, 0) is 21.4 Å². The van der Waals surface area contributed by atoms with Crippen LogP contribution in [0.15, 0.2) is 64.0 Å². The Labute approximate surface area is 240 Å². The van der Waals surface area contributed by atoms with Gasteiger partial charge in [0.2, 0.25) is 5.91 Å². The summed E-state index contributed by atoms with van der Waals surface area (Å²) in [4.78, 5) is 36.2. The average molecular weight is 564 g/mol. The number of halogens is 1. The number of aromatic nitrogens is 2. The fourth-order valence-electron chi connectivity index (χ4n) is 4.92. The van der Waals surface area contributed by atoms with E-state index in [2.05, 4.69) is 30.6 Å². The number of amides is 2. The van der Waals surface area contributed by atoms with E-state index in [-0.39, 0.29) is 24.2 Å². The number of likely N-dealkylation sites (tertiary alicyclic amines) is 1. The lowest BCUT2D eigenvalue weighted by atomic mass is 10.0. The van der Waals surface area contributed by atoms with Crippen LogP contribution < -0.4 is 10.6 Å². The number of carbonyl (C=O) groups excluding carboxylic acids is 2. The summed E-state index contributed by atoms with van der Waals surface area (Å²) in [6.07, 6.45) is 11.2. The van der Waals surface area contributed by atoms with E-state index >= 15 is 0 Å². The number of fused-ring (bicyclic) bond motifs is 1. The number of anilines is 2. The molecule has 0 bridgehead atoms. The van der Waals surface area contributed by atoms with Crippen LogP contribution in [0.2, 0.25) is 0 Å². The van der Waals surface area contributed by atoms with Gasteiger partial charge in [-0.1, -0.05) is 6.92 Å². The number of allylic oxidation sites excluding steroid dienone is 1. The first-order valence-corrected chi connectivity index (χ1v) is 13.8. The molecular weight excluding hydrogens is 525 g/mol. The normalized spacial score (nSPS) is 25.2. The molecule has 10 nitrogen and oxygen atoms in total. The third-order valence-corrected chi connectivity index (χ3v) is 7.16. The highest BCUT2D eigenvalue weighted by Gasteiger charge is 2.37. The molecule has 1 aromatic heterocycles. The van der Waals surface area contributed by atoms with Gasteiger partial charge in [0.1, 0.15) is 5.82 Å². The Bertz CT molecular complexity index is 1340. The number of hydrogen-bond donors (Lipinski definition) is 2. The quantitative estimate of drug-likeness (QED) is 0.556. The van der Waals surface area contributed by atoms with Crippen LogP contribution in [0.25, 0.3) is 0 Å². The fourth-order valence-corrected chi connectivity index (χ4v) is 4.92. The van der Waals surface area contributed by atoms with Gasteiger partial charge in [-0.3, -0.25) is 29.2 Å². The highest BCUT2D eigenvalue weighted by atomic mass is 19.1. The molecule has 2 saturated heterocycles. The monoisotopic (exact) mass is 563 g/mol. The van der Waals surface area contributed by atoms with Crippen molar-refractivity contribution >= 4 is 35.6 Å². The average Bonchev–Trinajstić information content (AvgIpc) is 3.64. The van der Waals surface area contributed by atoms with Gasteiger partial charge in [-0.25, -0.2) is 4.39 Å². The lowest BCUT2D eigenvalue weighted by Crippen LogP contribution is -2.32. The number of hydrogen-bond acceptors (Lipinski definition) is 7. The molecule has 1 aromatic carbocycles. The first-order valence-electron chi connectivity index (χ1n) is 13.8. The van der Waals surface area contributed by atoms with Gasteiger partial charge < -0.3 is 15.4 Å². The molecule has 0 spiro atoms. The Hall–Kier alpha value is -3.96. The molecule has 0 saturated carbocycles. The van der Waals surface area contributed by atoms with E-state index in [0.717, 1.165) is 32.7 Å². The Morgan fingerprint density at radius 1 is 1.12 bits per heavy atom. The molecule has 3 atom stereocenters. The van der Waals surface area contributed by atoms with Crippen LogP contribution in [0.1, 0.15) is 25.8 Å². The van der Waals surface area contributed by atoms with Gasteiger partial charge in [0, 0.05) is 62.5 Å². The van der Waals surface area contributed by atoms with Crippen molar-refractivity contribution in [1.82, 2.24) is 14.7 Å². The summed E-state index contributed by atoms with van der Waals surface area (Å²) in [5.74, 6) is -0.294. The standard InChI is InChI=1S/C25H30FN5O3.C5H8N2/c1-3-19-6-7-27-9-16(2)21(10-28-19)25(33)30-23-8-20(4-5-22(23)26)29-24(32)13-31-11-17-14-34-15-18(17)12-31;1-5-3-6-7(2)4-5/h4-10,17-19H,3,11-15H2,1-2H3,(H,29,32)(H,30,33);3-4H,1-2H3/b7-6-,21-16-,27-9-,28-10?;. The Balaban J connectivity index is 0.000000483. The van der Waals surface area contributed by atoms with Crippen LogP contribution in [0.4, 0.5) is 15.8 Å². The van der Waals surface area contributed by atoms with Crippen LogP contribution in [0, 0.1) is 24.6 Å². The van der Waals surface area contributed by atoms with Gasteiger partial charge in [-0.15, -0.1) is 0 Å². The Morgan fingerprint density at radius 2 is 1.88 bits per heavy atom. The van der Waals surface area contributed by atoms with Gasteiger partial charge in [0.05, 0.1) is 43.3 Å². The number of rotatable bonds is 6.